The molecular formula is C12H13F3O3. The Balaban J connectivity index is 3.01. The van der Waals surface area contributed by atoms with E-state index in [2.05, 4.69) is 4.74 Å². The molecule has 0 fully saturated rings. The Labute approximate surface area is 102 Å². The summed E-state index contributed by atoms with van der Waals surface area (Å²) in [4.78, 5) is 11.5. The van der Waals surface area contributed by atoms with Crippen LogP contribution in [0.5, 0.6) is 0 Å². The average Bonchev–Trinajstić information content (AvgIpc) is 2.28. The zero-order chi connectivity index (χ0) is 14.0. The van der Waals surface area contributed by atoms with Crippen LogP contribution in [0.25, 0.3) is 0 Å². The van der Waals surface area contributed by atoms with E-state index in [9.17, 15) is 23.1 Å². The first-order chi connectivity index (χ1) is 8.19. The number of rotatable bonds is 3. The van der Waals surface area contributed by atoms with E-state index in [0.717, 1.165) is 24.3 Å². The molecule has 0 aliphatic heterocycles. The van der Waals surface area contributed by atoms with Crippen LogP contribution in [0.15, 0.2) is 24.3 Å². The van der Waals surface area contributed by atoms with E-state index >= 15 is 0 Å². The Morgan fingerprint density at radius 3 is 2.06 bits per heavy atom. The summed E-state index contributed by atoms with van der Waals surface area (Å²) in [5.41, 5.74) is -2.75. The van der Waals surface area contributed by atoms with Gasteiger partial charge in [0, 0.05) is 0 Å². The standard InChI is InChI=1S/C12H13F3O3/c1-3-18-10(16)11(2,17)8-4-6-9(7-5-8)12(13,14)15/h4-7,17H,3H2,1-2H3. The summed E-state index contributed by atoms with van der Waals surface area (Å²) in [5, 5.41) is 9.92. The molecule has 18 heavy (non-hydrogen) atoms. The summed E-state index contributed by atoms with van der Waals surface area (Å²) in [5.74, 6) is -0.898. The largest absolute Gasteiger partial charge is 0.464 e. The fraction of sp³-hybridized carbons (Fsp3) is 0.417. The number of carbonyl (C=O) groups excluding carboxylic acids is 1. The van der Waals surface area contributed by atoms with E-state index in [4.69, 9.17) is 0 Å². The lowest BCUT2D eigenvalue weighted by atomic mass is 9.95. The monoisotopic (exact) mass is 262 g/mol. The first kappa shape index (κ1) is 14.5. The van der Waals surface area contributed by atoms with Gasteiger partial charge in [0.15, 0.2) is 5.60 Å². The molecule has 0 radical (unpaired) electrons. The normalized spacial score (nSPS) is 15.0. The van der Waals surface area contributed by atoms with E-state index in [1.54, 1.807) is 6.92 Å². The number of halogens is 3. The number of carbonyl (C=O) groups is 1. The van der Waals surface area contributed by atoms with Crippen molar-refractivity contribution in [2.24, 2.45) is 0 Å². The molecule has 1 aromatic rings. The van der Waals surface area contributed by atoms with Crippen LogP contribution in [0.3, 0.4) is 0 Å². The maximum absolute atomic E-state index is 12.3. The van der Waals surface area contributed by atoms with Crippen molar-refractivity contribution in [2.75, 3.05) is 6.61 Å². The summed E-state index contributed by atoms with van der Waals surface area (Å²) in [6.45, 7) is 2.82. The molecule has 0 spiro atoms. The summed E-state index contributed by atoms with van der Waals surface area (Å²) in [6, 6.07) is 3.73. The molecule has 1 unspecified atom stereocenters. The molecule has 0 saturated carbocycles. The highest BCUT2D eigenvalue weighted by Gasteiger charge is 2.35. The van der Waals surface area contributed by atoms with Crippen LogP contribution < -0.4 is 0 Å². The predicted molar refractivity (Wildman–Crippen MR) is 57.6 cm³/mol. The van der Waals surface area contributed by atoms with E-state index in [-0.39, 0.29) is 12.2 Å². The van der Waals surface area contributed by atoms with Gasteiger partial charge in [0.2, 0.25) is 0 Å². The van der Waals surface area contributed by atoms with Crippen LogP contribution in [0.2, 0.25) is 0 Å². The number of alkyl halides is 3. The van der Waals surface area contributed by atoms with Crippen molar-refractivity contribution in [1.29, 1.82) is 0 Å². The van der Waals surface area contributed by atoms with Crippen molar-refractivity contribution < 1.29 is 27.8 Å². The summed E-state index contributed by atoms with van der Waals surface area (Å²) < 4.78 is 41.7. The SMILES string of the molecule is CCOC(=O)C(C)(O)c1ccc(C(F)(F)F)cc1. The Bertz CT molecular complexity index is 421. The molecule has 1 aromatic carbocycles. The number of ether oxygens (including phenoxy) is 1. The zero-order valence-electron chi connectivity index (χ0n) is 9.91. The highest BCUT2D eigenvalue weighted by molar-refractivity contribution is 5.80. The lowest BCUT2D eigenvalue weighted by molar-refractivity contribution is -0.164. The molecule has 0 heterocycles. The van der Waals surface area contributed by atoms with Crippen molar-refractivity contribution in [3.8, 4) is 0 Å². The van der Waals surface area contributed by atoms with Crippen molar-refractivity contribution >= 4 is 5.97 Å². The number of benzene rings is 1. The third-order valence-corrected chi connectivity index (χ3v) is 2.45. The molecule has 0 bridgehead atoms. The molecule has 6 heteroatoms. The topological polar surface area (TPSA) is 46.5 Å². The molecule has 0 aliphatic carbocycles. The van der Waals surface area contributed by atoms with E-state index < -0.39 is 23.3 Å². The van der Waals surface area contributed by atoms with Crippen LogP contribution >= 0.6 is 0 Å². The Hall–Kier alpha value is -1.56. The number of hydrogen-bond acceptors (Lipinski definition) is 3. The summed E-state index contributed by atoms with van der Waals surface area (Å²) in [7, 11) is 0. The fourth-order valence-corrected chi connectivity index (χ4v) is 1.37. The van der Waals surface area contributed by atoms with Crippen LogP contribution in [0, 0.1) is 0 Å². The highest BCUT2D eigenvalue weighted by Crippen LogP contribution is 2.31. The van der Waals surface area contributed by atoms with Crippen molar-refractivity contribution in [3.63, 3.8) is 0 Å². The minimum atomic E-state index is -4.45. The Kier molecular flexibility index (Phi) is 4.01. The third-order valence-electron chi connectivity index (χ3n) is 2.45. The molecule has 100 valence electrons. The van der Waals surface area contributed by atoms with Gasteiger partial charge in [-0.15, -0.1) is 0 Å². The van der Waals surface area contributed by atoms with Crippen molar-refractivity contribution in [2.45, 2.75) is 25.6 Å². The highest BCUT2D eigenvalue weighted by atomic mass is 19.4. The molecule has 1 rings (SSSR count). The van der Waals surface area contributed by atoms with Gasteiger partial charge in [0.05, 0.1) is 12.2 Å². The quantitative estimate of drug-likeness (QED) is 0.851. The maximum atomic E-state index is 12.3. The molecule has 3 nitrogen and oxygen atoms in total. The molecule has 0 aliphatic rings. The second-order valence-electron chi connectivity index (χ2n) is 3.87. The smallest absolute Gasteiger partial charge is 0.416 e. The third kappa shape index (κ3) is 3.01. The van der Waals surface area contributed by atoms with Gasteiger partial charge in [-0.3, -0.25) is 0 Å². The van der Waals surface area contributed by atoms with Crippen molar-refractivity contribution in [3.05, 3.63) is 35.4 Å². The van der Waals surface area contributed by atoms with Crippen LogP contribution in [-0.2, 0) is 21.3 Å². The number of esters is 1. The molecule has 1 N–H and O–H groups in total. The predicted octanol–water partition coefficient (Wildman–Crippen LogP) is 2.48. The van der Waals surface area contributed by atoms with Gasteiger partial charge >= 0.3 is 12.1 Å². The van der Waals surface area contributed by atoms with Crippen LogP contribution in [-0.4, -0.2) is 17.7 Å². The van der Waals surface area contributed by atoms with Gasteiger partial charge in [0.1, 0.15) is 0 Å². The van der Waals surface area contributed by atoms with Crippen molar-refractivity contribution in [1.82, 2.24) is 0 Å². The molecule has 1 atom stereocenters. The Morgan fingerprint density at radius 2 is 1.67 bits per heavy atom. The lowest BCUT2D eigenvalue weighted by Crippen LogP contribution is -2.34. The van der Waals surface area contributed by atoms with E-state index in [1.165, 1.54) is 6.92 Å². The minimum absolute atomic E-state index is 0.0500. The average molecular weight is 262 g/mol. The summed E-state index contributed by atoms with van der Waals surface area (Å²) >= 11 is 0. The number of aliphatic hydroxyl groups is 1. The summed E-state index contributed by atoms with van der Waals surface area (Å²) in [6.07, 6.45) is -4.45. The van der Waals surface area contributed by atoms with Crippen LogP contribution in [0.1, 0.15) is 25.0 Å². The molecular weight excluding hydrogens is 249 g/mol. The van der Waals surface area contributed by atoms with Gasteiger partial charge in [-0.05, 0) is 31.5 Å². The van der Waals surface area contributed by atoms with E-state index in [0.29, 0.717) is 0 Å². The first-order valence-corrected chi connectivity index (χ1v) is 5.27. The molecule has 0 saturated heterocycles. The second-order valence-corrected chi connectivity index (χ2v) is 3.87. The first-order valence-electron chi connectivity index (χ1n) is 5.27. The van der Waals surface area contributed by atoms with Gasteiger partial charge in [-0.1, -0.05) is 12.1 Å². The number of hydrogen-bond donors (Lipinski definition) is 1. The molecule has 0 amide bonds. The lowest BCUT2D eigenvalue weighted by Gasteiger charge is -2.21. The zero-order valence-corrected chi connectivity index (χ0v) is 9.91. The fourth-order valence-electron chi connectivity index (χ4n) is 1.37. The second kappa shape index (κ2) is 4.97. The van der Waals surface area contributed by atoms with Gasteiger partial charge in [-0.25, -0.2) is 4.79 Å². The van der Waals surface area contributed by atoms with Gasteiger partial charge < -0.3 is 9.84 Å². The molecule has 0 aromatic heterocycles. The maximum Gasteiger partial charge on any atom is 0.416 e. The van der Waals surface area contributed by atoms with Gasteiger partial charge in [0.25, 0.3) is 0 Å². The van der Waals surface area contributed by atoms with E-state index in [1.807, 2.05) is 0 Å². The van der Waals surface area contributed by atoms with Gasteiger partial charge in [-0.2, -0.15) is 13.2 Å². The Morgan fingerprint density at radius 1 is 1.22 bits per heavy atom. The van der Waals surface area contributed by atoms with Crippen LogP contribution in [0.4, 0.5) is 13.2 Å². The minimum Gasteiger partial charge on any atom is -0.464 e.